The smallest absolute Gasteiger partial charge is 0.160 e. The molecule has 5 heteroatoms. The summed E-state index contributed by atoms with van der Waals surface area (Å²) < 4.78 is 7.64. The highest BCUT2D eigenvalue weighted by Gasteiger charge is 2.22. The molecule has 0 radical (unpaired) electrons. The summed E-state index contributed by atoms with van der Waals surface area (Å²) in [5.74, 6) is 1.98. The van der Waals surface area contributed by atoms with Gasteiger partial charge in [-0.25, -0.2) is 9.97 Å². The van der Waals surface area contributed by atoms with E-state index in [-0.39, 0.29) is 0 Å². The minimum Gasteiger partial charge on any atom is -0.497 e. The second-order valence-corrected chi connectivity index (χ2v) is 6.76. The van der Waals surface area contributed by atoms with Crippen molar-refractivity contribution in [3.63, 3.8) is 0 Å². The van der Waals surface area contributed by atoms with E-state index in [9.17, 15) is 0 Å². The molecule has 1 aromatic carbocycles. The predicted octanol–water partition coefficient (Wildman–Crippen LogP) is 3.26. The quantitative estimate of drug-likeness (QED) is 0.794. The molecule has 1 saturated heterocycles. The average molecular weight is 336 g/mol. The number of hydrogen-bond acceptors (Lipinski definition) is 4. The van der Waals surface area contributed by atoms with Crippen molar-refractivity contribution < 1.29 is 4.74 Å². The Bertz CT molecular complexity index is 863. The zero-order valence-corrected chi connectivity index (χ0v) is 14.8. The summed E-state index contributed by atoms with van der Waals surface area (Å²) in [6.45, 7) is 4.18. The van der Waals surface area contributed by atoms with Crippen molar-refractivity contribution in [1.82, 2.24) is 19.9 Å². The molecule has 1 aliphatic heterocycles. The van der Waals surface area contributed by atoms with Crippen LogP contribution in [0.5, 0.6) is 5.75 Å². The van der Waals surface area contributed by atoms with Crippen LogP contribution in [0, 0.1) is 6.92 Å². The Labute approximate surface area is 148 Å². The second kappa shape index (κ2) is 6.84. The van der Waals surface area contributed by atoms with Gasteiger partial charge in [0.05, 0.1) is 7.11 Å². The molecule has 0 spiro atoms. The molecule has 1 fully saturated rings. The first-order valence-electron chi connectivity index (χ1n) is 8.91. The summed E-state index contributed by atoms with van der Waals surface area (Å²) in [6, 6.07) is 10.9. The molecule has 0 aliphatic carbocycles. The van der Waals surface area contributed by atoms with Gasteiger partial charge in [0, 0.05) is 18.7 Å². The summed E-state index contributed by atoms with van der Waals surface area (Å²) in [7, 11) is 1.69. The number of rotatable bonds is 4. The van der Waals surface area contributed by atoms with E-state index >= 15 is 0 Å². The minimum atomic E-state index is 0.467. The molecule has 0 unspecified atom stereocenters. The summed E-state index contributed by atoms with van der Waals surface area (Å²) in [5.41, 5.74) is 4.41. The maximum absolute atomic E-state index is 5.26. The van der Waals surface area contributed by atoms with Crippen molar-refractivity contribution in [3.05, 3.63) is 53.5 Å². The third kappa shape index (κ3) is 3.24. The van der Waals surface area contributed by atoms with Crippen molar-refractivity contribution in [1.29, 1.82) is 0 Å². The van der Waals surface area contributed by atoms with Crippen LogP contribution < -0.4 is 10.1 Å². The molecule has 25 heavy (non-hydrogen) atoms. The summed E-state index contributed by atoms with van der Waals surface area (Å²) in [4.78, 5) is 9.64. The van der Waals surface area contributed by atoms with Gasteiger partial charge in [-0.15, -0.1) is 0 Å². The zero-order valence-electron chi connectivity index (χ0n) is 14.8. The number of hydrogen-bond donors (Lipinski definition) is 1. The average Bonchev–Trinajstić information content (AvgIpc) is 3.00. The van der Waals surface area contributed by atoms with Crippen LogP contribution in [0.2, 0.25) is 0 Å². The lowest BCUT2D eigenvalue weighted by atomic mass is 10.1. The number of methoxy groups -OCH3 is 1. The fraction of sp³-hybridized carbons (Fsp3) is 0.400. The standard InChI is InChI=1S/C20H24N4O/c1-14-11-18-20(22-13-14)24(16-7-9-21-10-8-16)19(23-18)12-15-3-5-17(25-2)6-4-15/h3-6,11,13,16,21H,7-10,12H2,1-2H3. The molecule has 0 atom stereocenters. The summed E-state index contributed by atoms with van der Waals surface area (Å²) >= 11 is 0. The molecule has 0 saturated carbocycles. The van der Waals surface area contributed by atoms with Crippen LogP contribution in [0.1, 0.15) is 35.8 Å². The molecule has 5 nitrogen and oxygen atoms in total. The van der Waals surface area contributed by atoms with Crippen LogP contribution in [-0.2, 0) is 6.42 Å². The van der Waals surface area contributed by atoms with Crippen LogP contribution in [-0.4, -0.2) is 34.7 Å². The van der Waals surface area contributed by atoms with Crippen molar-refractivity contribution in [2.24, 2.45) is 0 Å². The third-order valence-corrected chi connectivity index (χ3v) is 4.93. The van der Waals surface area contributed by atoms with Crippen molar-refractivity contribution >= 4 is 11.2 Å². The number of aromatic nitrogens is 3. The summed E-state index contributed by atoms with van der Waals surface area (Å²) in [5, 5.41) is 3.45. The Balaban J connectivity index is 1.75. The number of imidazole rings is 1. The molecule has 1 N–H and O–H groups in total. The number of benzene rings is 1. The first kappa shape index (κ1) is 16.1. The van der Waals surface area contributed by atoms with E-state index in [2.05, 4.69) is 35.0 Å². The van der Waals surface area contributed by atoms with Gasteiger partial charge in [-0.3, -0.25) is 0 Å². The molecule has 2 aromatic heterocycles. The lowest BCUT2D eigenvalue weighted by molar-refractivity contribution is 0.367. The normalized spacial score (nSPS) is 15.6. The Morgan fingerprint density at radius 2 is 1.96 bits per heavy atom. The van der Waals surface area contributed by atoms with E-state index in [1.165, 1.54) is 5.56 Å². The van der Waals surface area contributed by atoms with Gasteiger partial charge < -0.3 is 14.6 Å². The third-order valence-electron chi connectivity index (χ3n) is 4.93. The number of nitrogens with zero attached hydrogens (tertiary/aromatic N) is 3. The number of pyridine rings is 1. The molecule has 4 rings (SSSR count). The maximum atomic E-state index is 5.26. The minimum absolute atomic E-state index is 0.467. The van der Waals surface area contributed by atoms with E-state index < -0.39 is 0 Å². The Morgan fingerprint density at radius 1 is 1.20 bits per heavy atom. The van der Waals surface area contributed by atoms with Crippen LogP contribution in [0.3, 0.4) is 0 Å². The molecular weight excluding hydrogens is 312 g/mol. The SMILES string of the molecule is COc1ccc(Cc2nc3cc(C)cnc3n2C2CCNCC2)cc1. The van der Waals surface area contributed by atoms with Gasteiger partial charge in [-0.2, -0.15) is 0 Å². The molecule has 0 amide bonds. The van der Waals surface area contributed by atoms with Crippen molar-refractivity contribution in [2.75, 3.05) is 20.2 Å². The lowest BCUT2D eigenvalue weighted by Crippen LogP contribution is -2.30. The largest absolute Gasteiger partial charge is 0.497 e. The maximum Gasteiger partial charge on any atom is 0.160 e. The number of piperidine rings is 1. The highest BCUT2D eigenvalue weighted by molar-refractivity contribution is 5.72. The van der Waals surface area contributed by atoms with E-state index in [0.717, 1.165) is 60.7 Å². The monoisotopic (exact) mass is 336 g/mol. The van der Waals surface area contributed by atoms with Crippen LogP contribution in [0.4, 0.5) is 0 Å². The number of ether oxygens (including phenoxy) is 1. The molecule has 0 bridgehead atoms. The Morgan fingerprint density at radius 3 is 2.68 bits per heavy atom. The van der Waals surface area contributed by atoms with Gasteiger partial charge in [0.15, 0.2) is 5.65 Å². The van der Waals surface area contributed by atoms with Crippen molar-refractivity contribution in [3.8, 4) is 5.75 Å². The lowest BCUT2D eigenvalue weighted by Gasteiger charge is -2.26. The van der Waals surface area contributed by atoms with Gasteiger partial charge >= 0.3 is 0 Å². The highest BCUT2D eigenvalue weighted by Crippen LogP contribution is 2.27. The van der Waals surface area contributed by atoms with Gasteiger partial charge in [0.25, 0.3) is 0 Å². The van der Waals surface area contributed by atoms with Gasteiger partial charge in [0.2, 0.25) is 0 Å². The molecule has 3 heterocycles. The number of fused-ring (bicyclic) bond motifs is 1. The fourth-order valence-corrected chi connectivity index (χ4v) is 3.63. The van der Waals surface area contributed by atoms with Crippen LogP contribution in [0.15, 0.2) is 36.5 Å². The first-order chi connectivity index (χ1) is 12.2. The second-order valence-electron chi connectivity index (χ2n) is 6.76. The fourth-order valence-electron chi connectivity index (χ4n) is 3.63. The van der Waals surface area contributed by atoms with E-state index in [1.54, 1.807) is 7.11 Å². The predicted molar refractivity (Wildman–Crippen MR) is 99.2 cm³/mol. The molecular formula is C20H24N4O. The number of aryl methyl sites for hydroxylation is 1. The highest BCUT2D eigenvalue weighted by atomic mass is 16.5. The number of nitrogens with one attached hydrogen (secondary N) is 1. The molecule has 1 aliphatic rings. The van der Waals surface area contributed by atoms with Crippen LogP contribution >= 0.6 is 0 Å². The van der Waals surface area contributed by atoms with Crippen LogP contribution in [0.25, 0.3) is 11.2 Å². The van der Waals surface area contributed by atoms with E-state index in [4.69, 9.17) is 14.7 Å². The zero-order chi connectivity index (χ0) is 17.2. The topological polar surface area (TPSA) is 52.0 Å². The first-order valence-corrected chi connectivity index (χ1v) is 8.91. The van der Waals surface area contributed by atoms with Crippen molar-refractivity contribution in [2.45, 2.75) is 32.2 Å². The van der Waals surface area contributed by atoms with Gasteiger partial charge in [-0.05, 0) is 62.2 Å². The Hall–Kier alpha value is -2.40. The van der Waals surface area contributed by atoms with Gasteiger partial charge in [-0.1, -0.05) is 12.1 Å². The van der Waals surface area contributed by atoms with E-state index in [1.807, 2.05) is 18.3 Å². The Kier molecular flexibility index (Phi) is 4.40. The molecule has 3 aromatic rings. The molecule has 130 valence electrons. The van der Waals surface area contributed by atoms with Gasteiger partial charge in [0.1, 0.15) is 17.1 Å². The summed E-state index contributed by atoms with van der Waals surface area (Å²) in [6.07, 6.45) is 5.00. The van der Waals surface area contributed by atoms with E-state index in [0.29, 0.717) is 6.04 Å².